The number of hydrogen-bond donors (Lipinski definition) is 3. The maximum absolute atomic E-state index is 12.5. The van der Waals surface area contributed by atoms with Crippen LogP contribution in [-0.2, 0) is 17.8 Å². The fraction of sp³-hybridized carbons (Fsp3) is 0.714. The first-order chi connectivity index (χ1) is 9.56. The Kier molecular flexibility index (Phi) is 3.52. The minimum absolute atomic E-state index is 0.101. The average Bonchev–Trinajstić information content (AvgIpc) is 3.03. The molecule has 3 rings (SSSR count). The topological polar surface area (TPSA) is 87.0 Å². The number of carbonyl (C=O) groups is 1. The number of rotatable bonds is 2. The highest BCUT2D eigenvalue weighted by atomic mass is 16.2. The van der Waals surface area contributed by atoms with Crippen LogP contribution in [0.2, 0.25) is 0 Å². The predicted molar refractivity (Wildman–Crippen MR) is 76.2 cm³/mol. The highest BCUT2D eigenvalue weighted by Crippen LogP contribution is 2.26. The van der Waals surface area contributed by atoms with Crippen molar-refractivity contribution in [2.75, 3.05) is 13.1 Å². The minimum Gasteiger partial charge on any atom is -0.336 e. The van der Waals surface area contributed by atoms with Crippen LogP contribution >= 0.6 is 0 Å². The van der Waals surface area contributed by atoms with E-state index in [4.69, 9.17) is 5.73 Å². The van der Waals surface area contributed by atoms with Gasteiger partial charge in [0.2, 0.25) is 5.91 Å². The van der Waals surface area contributed by atoms with Gasteiger partial charge < -0.3 is 16.0 Å². The van der Waals surface area contributed by atoms with E-state index in [1.807, 2.05) is 4.90 Å². The second-order valence-corrected chi connectivity index (χ2v) is 6.19. The fourth-order valence-corrected chi connectivity index (χ4v) is 3.15. The van der Waals surface area contributed by atoms with E-state index in [-0.39, 0.29) is 18.0 Å². The van der Waals surface area contributed by atoms with E-state index in [0.717, 1.165) is 31.6 Å². The molecule has 1 fully saturated rings. The van der Waals surface area contributed by atoms with Gasteiger partial charge in [-0.15, -0.1) is 0 Å². The lowest BCUT2D eigenvalue weighted by atomic mass is 9.99. The summed E-state index contributed by atoms with van der Waals surface area (Å²) in [5, 5.41) is 10.7. The Bertz CT molecular complexity index is 510. The lowest BCUT2D eigenvalue weighted by molar-refractivity contribution is -0.134. The fourth-order valence-electron chi connectivity index (χ4n) is 3.15. The van der Waals surface area contributed by atoms with Gasteiger partial charge in [-0.1, -0.05) is 13.8 Å². The number of nitrogens with zero attached hydrogens (tertiary/aromatic N) is 2. The van der Waals surface area contributed by atoms with Gasteiger partial charge in [-0.3, -0.25) is 9.89 Å². The molecule has 3 heterocycles. The Morgan fingerprint density at radius 2 is 2.30 bits per heavy atom. The van der Waals surface area contributed by atoms with Gasteiger partial charge in [-0.05, 0) is 12.3 Å². The Balaban J connectivity index is 1.74. The number of amides is 1. The van der Waals surface area contributed by atoms with Crippen molar-refractivity contribution in [3.8, 4) is 0 Å². The average molecular weight is 277 g/mol. The van der Waals surface area contributed by atoms with Crippen LogP contribution in [0.15, 0.2) is 0 Å². The number of nitrogens with one attached hydrogen (secondary N) is 2. The van der Waals surface area contributed by atoms with Crippen LogP contribution in [0.4, 0.5) is 0 Å². The zero-order valence-electron chi connectivity index (χ0n) is 12.1. The standard InChI is InChI=1S/C14H23N5O/c1-8(2)13-10-7-19(4-3-11(10)17-18-13)14(20)12-5-9(15)6-16-12/h8-9,12,16H,3-7,15H2,1-2H3,(H,17,18)/t9-,12+/m1/s1. The van der Waals surface area contributed by atoms with Crippen LogP contribution in [0.25, 0.3) is 0 Å². The third-order valence-corrected chi connectivity index (χ3v) is 4.29. The van der Waals surface area contributed by atoms with Crippen molar-refractivity contribution in [1.82, 2.24) is 20.4 Å². The van der Waals surface area contributed by atoms with E-state index in [1.54, 1.807) is 0 Å². The third kappa shape index (κ3) is 2.33. The maximum atomic E-state index is 12.5. The van der Waals surface area contributed by atoms with Crippen molar-refractivity contribution in [1.29, 1.82) is 0 Å². The molecule has 0 aliphatic carbocycles. The molecule has 2 atom stereocenters. The van der Waals surface area contributed by atoms with Crippen LogP contribution < -0.4 is 11.1 Å². The van der Waals surface area contributed by atoms with E-state index >= 15 is 0 Å². The molecule has 1 saturated heterocycles. The summed E-state index contributed by atoms with van der Waals surface area (Å²) < 4.78 is 0. The van der Waals surface area contributed by atoms with E-state index in [2.05, 4.69) is 29.4 Å². The van der Waals surface area contributed by atoms with Crippen LogP contribution in [0.3, 0.4) is 0 Å². The molecule has 0 bridgehead atoms. The van der Waals surface area contributed by atoms with Crippen molar-refractivity contribution in [3.63, 3.8) is 0 Å². The summed E-state index contributed by atoms with van der Waals surface area (Å²) in [5.74, 6) is 0.558. The van der Waals surface area contributed by atoms with Gasteiger partial charge >= 0.3 is 0 Å². The SMILES string of the molecule is CC(C)c1n[nH]c2c1CN(C(=O)[C@@H]1C[C@@H](N)CN1)CC2. The largest absolute Gasteiger partial charge is 0.336 e. The Hall–Kier alpha value is -1.40. The van der Waals surface area contributed by atoms with Crippen LogP contribution in [0.1, 0.15) is 43.1 Å². The van der Waals surface area contributed by atoms with Crippen molar-refractivity contribution in [3.05, 3.63) is 17.0 Å². The molecule has 0 saturated carbocycles. The van der Waals surface area contributed by atoms with Crippen molar-refractivity contribution in [2.24, 2.45) is 5.73 Å². The molecule has 1 aromatic heterocycles. The summed E-state index contributed by atoms with van der Waals surface area (Å²) in [6.45, 7) is 6.44. The molecule has 0 spiro atoms. The predicted octanol–water partition coefficient (Wildman–Crippen LogP) is 0.107. The number of H-pyrrole nitrogens is 1. The molecule has 1 amide bonds. The minimum atomic E-state index is -0.110. The van der Waals surface area contributed by atoms with Gasteiger partial charge in [0.15, 0.2) is 0 Å². The summed E-state index contributed by atoms with van der Waals surface area (Å²) in [5.41, 5.74) is 9.36. The smallest absolute Gasteiger partial charge is 0.240 e. The van der Waals surface area contributed by atoms with Gasteiger partial charge in [-0.25, -0.2) is 0 Å². The summed E-state index contributed by atoms with van der Waals surface area (Å²) >= 11 is 0. The van der Waals surface area contributed by atoms with E-state index in [0.29, 0.717) is 12.5 Å². The van der Waals surface area contributed by atoms with Gasteiger partial charge in [0.1, 0.15) is 0 Å². The Labute approximate surface area is 119 Å². The zero-order valence-corrected chi connectivity index (χ0v) is 12.1. The number of fused-ring (bicyclic) bond motifs is 1. The number of aromatic nitrogens is 2. The molecule has 2 aliphatic rings. The summed E-state index contributed by atoms with van der Waals surface area (Å²) in [6, 6.07) is -0.00889. The third-order valence-electron chi connectivity index (χ3n) is 4.29. The summed E-state index contributed by atoms with van der Waals surface area (Å²) in [7, 11) is 0. The molecule has 0 unspecified atom stereocenters. The normalized spacial score (nSPS) is 26.1. The highest BCUT2D eigenvalue weighted by molar-refractivity contribution is 5.82. The van der Waals surface area contributed by atoms with Gasteiger partial charge in [0, 0.05) is 43.4 Å². The molecule has 2 aliphatic heterocycles. The first-order valence-corrected chi connectivity index (χ1v) is 7.40. The van der Waals surface area contributed by atoms with Crippen LogP contribution in [-0.4, -0.2) is 46.2 Å². The van der Waals surface area contributed by atoms with Crippen LogP contribution in [0, 0.1) is 0 Å². The molecular formula is C14H23N5O. The summed E-state index contributed by atoms with van der Waals surface area (Å²) in [4.78, 5) is 14.5. The molecule has 1 aromatic rings. The molecule has 6 nitrogen and oxygen atoms in total. The van der Waals surface area contributed by atoms with Crippen molar-refractivity contribution >= 4 is 5.91 Å². The quantitative estimate of drug-likeness (QED) is 0.716. The first-order valence-electron chi connectivity index (χ1n) is 7.40. The van der Waals surface area contributed by atoms with Gasteiger partial charge in [0.25, 0.3) is 0 Å². The maximum Gasteiger partial charge on any atom is 0.240 e. The first kappa shape index (κ1) is 13.6. The lowest BCUT2D eigenvalue weighted by Crippen LogP contribution is -2.45. The molecule has 110 valence electrons. The Morgan fingerprint density at radius 1 is 1.50 bits per heavy atom. The van der Waals surface area contributed by atoms with Crippen molar-refractivity contribution < 1.29 is 4.79 Å². The monoisotopic (exact) mass is 277 g/mol. The summed E-state index contributed by atoms with van der Waals surface area (Å²) in [6.07, 6.45) is 1.60. The zero-order chi connectivity index (χ0) is 14.3. The molecule has 0 aromatic carbocycles. The van der Waals surface area contributed by atoms with Crippen molar-refractivity contribution in [2.45, 2.75) is 51.2 Å². The second kappa shape index (κ2) is 5.18. The number of carbonyl (C=O) groups excluding carboxylic acids is 1. The van der Waals surface area contributed by atoms with E-state index in [1.165, 1.54) is 11.3 Å². The number of aromatic amines is 1. The van der Waals surface area contributed by atoms with Crippen LogP contribution in [0.5, 0.6) is 0 Å². The lowest BCUT2D eigenvalue weighted by Gasteiger charge is -2.29. The van der Waals surface area contributed by atoms with E-state index < -0.39 is 0 Å². The Morgan fingerprint density at radius 3 is 2.95 bits per heavy atom. The molecular weight excluding hydrogens is 254 g/mol. The van der Waals surface area contributed by atoms with Gasteiger partial charge in [0.05, 0.1) is 11.7 Å². The number of nitrogens with two attached hydrogens (primary N) is 1. The second-order valence-electron chi connectivity index (χ2n) is 6.19. The molecule has 0 radical (unpaired) electrons. The molecule has 20 heavy (non-hydrogen) atoms. The molecule has 6 heteroatoms. The van der Waals surface area contributed by atoms with Gasteiger partial charge in [-0.2, -0.15) is 5.10 Å². The number of hydrogen-bond acceptors (Lipinski definition) is 4. The molecule has 4 N–H and O–H groups in total. The highest BCUT2D eigenvalue weighted by Gasteiger charge is 2.33. The van der Waals surface area contributed by atoms with E-state index in [9.17, 15) is 4.79 Å².